The molecule has 0 fully saturated rings. The van der Waals surface area contributed by atoms with Gasteiger partial charge in [-0.2, -0.15) is 0 Å². The van der Waals surface area contributed by atoms with E-state index in [1.165, 1.54) is 6.07 Å². The van der Waals surface area contributed by atoms with E-state index in [1.54, 1.807) is 59.8 Å². The van der Waals surface area contributed by atoms with Crippen molar-refractivity contribution in [2.75, 3.05) is 13.2 Å². The summed E-state index contributed by atoms with van der Waals surface area (Å²) in [6, 6.07) is 10.1. The highest BCUT2D eigenvalue weighted by atomic mass is 19.1. The van der Waals surface area contributed by atoms with Gasteiger partial charge in [-0.1, -0.05) is 12.1 Å². The van der Waals surface area contributed by atoms with Gasteiger partial charge >= 0.3 is 6.09 Å². The molecular weight excluding hydrogens is 427 g/mol. The van der Waals surface area contributed by atoms with Gasteiger partial charge in [0.25, 0.3) is 5.91 Å². The minimum absolute atomic E-state index is 0.251. The summed E-state index contributed by atoms with van der Waals surface area (Å²) in [5.41, 5.74) is 2.97. The SMILES string of the molecule is CCOc1cc(Cn2ccn(C)/c2=N\C(=O)O)cc(C(=O)NCCc2ccc(F)c(C)c2)c1. The Morgan fingerprint density at radius 1 is 1.15 bits per heavy atom. The highest BCUT2D eigenvalue weighted by molar-refractivity contribution is 5.94. The van der Waals surface area contributed by atoms with Crippen LogP contribution in [0.25, 0.3) is 0 Å². The second-order valence-electron chi connectivity index (χ2n) is 7.62. The number of carbonyl (C=O) groups is 2. The first kappa shape index (κ1) is 23.8. The maximum atomic E-state index is 13.4. The smallest absolute Gasteiger partial charge is 0.434 e. The Hall–Kier alpha value is -3.88. The maximum Gasteiger partial charge on any atom is 0.434 e. The predicted molar refractivity (Wildman–Crippen MR) is 121 cm³/mol. The fraction of sp³-hybridized carbons (Fsp3) is 0.292. The topological polar surface area (TPSA) is 97.8 Å². The van der Waals surface area contributed by atoms with Gasteiger partial charge in [-0.3, -0.25) is 4.79 Å². The highest BCUT2D eigenvalue weighted by Crippen LogP contribution is 2.19. The maximum absolute atomic E-state index is 13.4. The van der Waals surface area contributed by atoms with Crippen LogP contribution in [0.4, 0.5) is 9.18 Å². The van der Waals surface area contributed by atoms with Crippen LogP contribution in [0.2, 0.25) is 0 Å². The largest absolute Gasteiger partial charge is 0.494 e. The zero-order valence-corrected chi connectivity index (χ0v) is 18.8. The molecular formula is C24H27FN4O4. The van der Waals surface area contributed by atoms with Crippen molar-refractivity contribution in [2.24, 2.45) is 12.0 Å². The molecule has 0 bridgehead atoms. The number of carboxylic acid groups (broad SMARTS) is 1. The standard InChI is InChI=1S/C24H27FN4O4/c1-4-33-20-13-18(15-29-10-9-28(3)23(29)27-24(31)32)12-19(14-20)22(30)26-8-7-17-5-6-21(25)16(2)11-17/h5-6,9-14H,4,7-8,15H2,1-3H3,(H,26,30)(H,31,32)/b27-23+. The lowest BCUT2D eigenvalue weighted by molar-refractivity contribution is 0.0953. The van der Waals surface area contributed by atoms with Crippen LogP contribution in [0.3, 0.4) is 0 Å². The number of benzene rings is 2. The molecule has 0 aliphatic heterocycles. The second-order valence-corrected chi connectivity index (χ2v) is 7.62. The summed E-state index contributed by atoms with van der Waals surface area (Å²) in [5, 5.41) is 11.9. The summed E-state index contributed by atoms with van der Waals surface area (Å²) in [5.74, 6) is 0.0337. The fourth-order valence-corrected chi connectivity index (χ4v) is 3.48. The van der Waals surface area contributed by atoms with Gasteiger partial charge in [0.1, 0.15) is 11.6 Å². The number of ether oxygens (including phenoxy) is 1. The quantitative estimate of drug-likeness (QED) is 0.546. The first-order valence-electron chi connectivity index (χ1n) is 10.6. The Balaban J connectivity index is 1.77. The molecule has 3 rings (SSSR count). The van der Waals surface area contributed by atoms with E-state index in [9.17, 15) is 14.0 Å². The number of aromatic nitrogens is 2. The molecule has 2 aromatic carbocycles. The average molecular weight is 455 g/mol. The molecule has 1 heterocycles. The van der Waals surface area contributed by atoms with Gasteiger partial charge in [-0.15, -0.1) is 4.99 Å². The third kappa shape index (κ3) is 6.31. The normalized spacial score (nSPS) is 11.5. The van der Waals surface area contributed by atoms with Crippen molar-refractivity contribution in [3.63, 3.8) is 0 Å². The summed E-state index contributed by atoms with van der Waals surface area (Å²) in [7, 11) is 1.70. The fourth-order valence-electron chi connectivity index (χ4n) is 3.48. The number of carbonyl (C=O) groups excluding carboxylic acids is 1. The number of imidazole rings is 1. The van der Waals surface area contributed by atoms with E-state index in [0.29, 0.717) is 43.0 Å². The first-order valence-corrected chi connectivity index (χ1v) is 10.6. The minimum Gasteiger partial charge on any atom is -0.494 e. The molecule has 0 saturated carbocycles. The van der Waals surface area contributed by atoms with E-state index in [1.807, 2.05) is 13.0 Å². The number of amides is 2. The van der Waals surface area contributed by atoms with Crippen molar-refractivity contribution < 1.29 is 23.8 Å². The Bertz CT molecular complexity index is 1230. The number of hydrogen-bond acceptors (Lipinski definition) is 3. The van der Waals surface area contributed by atoms with Crippen molar-refractivity contribution in [2.45, 2.75) is 26.8 Å². The van der Waals surface area contributed by atoms with E-state index < -0.39 is 6.09 Å². The van der Waals surface area contributed by atoms with Gasteiger partial charge in [0.15, 0.2) is 0 Å². The van der Waals surface area contributed by atoms with E-state index in [-0.39, 0.29) is 17.3 Å². The van der Waals surface area contributed by atoms with Crippen molar-refractivity contribution in [3.05, 3.63) is 82.5 Å². The lowest BCUT2D eigenvalue weighted by Crippen LogP contribution is -2.27. The molecule has 0 aliphatic carbocycles. The van der Waals surface area contributed by atoms with Crippen LogP contribution in [0.5, 0.6) is 5.75 Å². The van der Waals surface area contributed by atoms with Crippen LogP contribution >= 0.6 is 0 Å². The molecule has 2 amide bonds. The first-order chi connectivity index (χ1) is 15.8. The van der Waals surface area contributed by atoms with Crippen LogP contribution in [0.15, 0.2) is 53.8 Å². The Kier molecular flexibility index (Phi) is 7.66. The molecule has 8 nitrogen and oxygen atoms in total. The van der Waals surface area contributed by atoms with Gasteiger partial charge in [-0.05, 0) is 61.2 Å². The van der Waals surface area contributed by atoms with Crippen molar-refractivity contribution in [1.82, 2.24) is 14.5 Å². The molecule has 0 atom stereocenters. The van der Waals surface area contributed by atoms with Crippen molar-refractivity contribution in [1.29, 1.82) is 0 Å². The molecule has 0 unspecified atom stereocenters. The molecule has 3 aromatic rings. The molecule has 2 N–H and O–H groups in total. The molecule has 33 heavy (non-hydrogen) atoms. The molecule has 0 saturated heterocycles. The monoisotopic (exact) mass is 454 g/mol. The van der Waals surface area contributed by atoms with Gasteiger partial charge in [-0.25, -0.2) is 9.18 Å². The molecule has 174 valence electrons. The molecule has 0 radical (unpaired) electrons. The van der Waals surface area contributed by atoms with E-state index in [4.69, 9.17) is 9.84 Å². The molecule has 1 aromatic heterocycles. The van der Waals surface area contributed by atoms with Crippen LogP contribution < -0.4 is 15.7 Å². The lowest BCUT2D eigenvalue weighted by Gasteiger charge is -2.12. The number of hydrogen-bond donors (Lipinski definition) is 2. The zero-order valence-electron chi connectivity index (χ0n) is 18.8. The van der Waals surface area contributed by atoms with Crippen LogP contribution in [-0.2, 0) is 20.0 Å². The Labute approximate surface area is 191 Å². The van der Waals surface area contributed by atoms with Gasteiger partial charge in [0.05, 0.1) is 13.2 Å². The molecule has 0 spiro atoms. The highest BCUT2D eigenvalue weighted by Gasteiger charge is 2.11. The lowest BCUT2D eigenvalue weighted by atomic mass is 10.1. The van der Waals surface area contributed by atoms with Gasteiger partial charge in [0.2, 0.25) is 5.62 Å². The average Bonchev–Trinajstić information content (AvgIpc) is 3.09. The minimum atomic E-state index is -1.29. The zero-order chi connectivity index (χ0) is 24.0. The molecule has 0 aliphatic rings. The predicted octanol–water partition coefficient (Wildman–Crippen LogP) is 3.27. The van der Waals surface area contributed by atoms with E-state index in [0.717, 1.165) is 11.1 Å². The summed E-state index contributed by atoms with van der Waals surface area (Å²) >= 11 is 0. The third-order valence-corrected chi connectivity index (χ3v) is 5.05. The summed E-state index contributed by atoms with van der Waals surface area (Å²) < 4.78 is 22.3. The van der Waals surface area contributed by atoms with Gasteiger partial charge in [0, 0.05) is 31.5 Å². The Morgan fingerprint density at radius 2 is 1.94 bits per heavy atom. The van der Waals surface area contributed by atoms with Crippen molar-refractivity contribution >= 4 is 12.0 Å². The molecule has 9 heteroatoms. The van der Waals surface area contributed by atoms with Crippen LogP contribution in [-0.4, -0.2) is 39.4 Å². The van der Waals surface area contributed by atoms with Crippen molar-refractivity contribution in [3.8, 4) is 5.75 Å². The number of nitrogens with zero attached hydrogens (tertiary/aromatic N) is 3. The Morgan fingerprint density at radius 3 is 2.64 bits per heavy atom. The summed E-state index contributed by atoms with van der Waals surface area (Å²) in [6.07, 6.45) is 2.72. The van der Waals surface area contributed by atoms with Crippen LogP contribution in [0, 0.1) is 12.7 Å². The third-order valence-electron chi connectivity index (χ3n) is 5.05. The number of halogens is 1. The summed E-state index contributed by atoms with van der Waals surface area (Å²) in [4.78, 5) is 27.5. The number of rotatable bonds is 8. The second kappa shape index (κ2) is 10.6. The number of nitrogens with one attached hydrogen (secondary N) is 1. The van der Waals surface area contributed by atoms with E-state index in [2.05, 4.69) is 10.3 Å². The van der Waals surface area contributed by atoms with E-state index >= 15 is 0 Å². The van der Waals surface area contributed by atoms with Gasteiger partial charge < -0.3 is 24.3 Å². The summed E-state index contributed by atoms with van der Waals surface area (Å²) in [6.45, 7) is 4.70. The van der Waals surface area contributed by atoms with Crippen LogP contribution in [0.1, 0.15) is 34.0 Å². The number of aryl methyl sites for hydroxylation is 2.